The fourth-order valence-corrected chi connectivity index (χ4v) is 1.56. The first-order valence-corrected chi connectivity index (χ1v) is 5.20. The molecule has 4 nitrogen and oxygen atoms in total. The van der Waals surface area contributed by atoms with Gasteiger partial charge in [0.15, 0.2) is 0 Å². The molecule has 2 rings (SSSR count). The number of hydrogen-bond acceptors (Lipinski definition) is 3. The van der Waals surface area contributed by atoms with Gasteiger partial charge in [0, 0.05) is 12.4 Å². The topological polar surface area (TPSA) is 57.0 Å². The van der Waals surface area contributed by atoms with Crippen LogP contribution in [-0.2, 0) is 0 Å². The van der Waals surface area contributed by atoms with E-state index in [1.807, 2.05) is 36.4 Å². The Kier molecular flexibility index (Phi) is 3.01. The largest absolute Gasteiger partial charge is 0.327 e. The molecule has 0 aliphatic heterocycles. The maximum Gasteiger partial charge on any atom is 0.273 e. The van der Waals surface area contributed by atoms with Crippen LogP contribution in [0.15, 0.2) is 36.4 Å². The molecule has 0 aliphatic rings. The van der Waals surface area contributed by atoms with E-state index in [1.54, 1.807) is 13.1 Å². The van der Waals surface area contributed by atoms with E-state index < -0.39 is 0 Å². The van der Waals surface area contributed by atoms with Crippen molar-refractivity contribution in [3.63, 3.8) is 0 Å². The average Bonchev–Trinajstić information content (AvgIpc) is 2.37. The number of aromatic nitrogens is 1. The Balaban J connectivity index is 2.37. The van der Waals surface area contributed by atoms with Gasteiger partial charge in [-0.05, 0) is 12.1 Å². The molecule has 1 aromatic carbocycles. The molecular formula is C13H11N3O. The molecule has 2 aromatic rings. The average molecular weight is 225 g/mol. The lowest BCUT2D eigenvalue weighted by Gasteiger charge is -2.12. The summed E-state index contributed by atoms with van der Waals surface area (Å²) in [5.74, 6) is -0.239. The molecule has 1 heterocycles. The van der Waals surface area contributed by atoms with E-state index in [-0.39, 0.29) is 12.5 Å². The summed E-state index contributed by atoms with van der Waals surface area (Å²) in [6.45, 7) is 0.0628. The number of nitriles is 1. The first kappa shape index (κ1) is 11.1. The lowest BCUT2D eigenvalue weighted by atomic mass is 10.2. The second kappa shape index (κ2) is 4.62. The highest BCUT2D eigenvalue weighted by molar-refractivity contribution is 5.94. The normalized spacial score (nSPS) is 9.88. The van der Waals surface area contributed by atoms with E-state index in [4.69, 9.17) is 5.26 Å². The Labute approximate surface area is 99.1 Å². The number of rotatable bonds is 2. The zero-order valence-corrected chi connectivity index (χ0v) is 9.42. The highest BCUT2D eigenvalue weighted by Gasteiger charge is 2.12. The van der Waals surface area contributed by atoms with Gasteiger partial charge in [-0.25, -0.2) is 4.98 Å². The molecule has 0 spiro atoms. The molecule has 4 heteroatoms. The molecule has 0 saturated heterocycles. The van der Waals surface area contributed by atoms with E-state index in [0.717, 1.165) is 10.9 Å². The first-order valence-electron chi connectivity index (χ1n) is 5.20. The molecule has 0 saturated carbocycles. The van der Waals surface area contributed by atoms with Gasteiger partial charge in [-0.2, -0.15) is 5.26 Å². The van der Waals surface area contributed by atoms with E-state index in [0.29, 0.717) is 5.69 Å². The van der Waals surface area contributed by atoms with Crippen molar-refractivity contribution in [3.8, 4) is 6.07 Å². The van der Waals surface area contributed by atoms with Crippen molar-refractivity contribution in [2.45, 2.75) is 0 Å². The van der Waals surface area contributed by atoms with Crippen LogP contribution in [0, 0.1) is 11.3 Å². The van der Waals surface area contributed by atoms with Gasteiger partial charge < -0.3 is 4.90 Å². The fraction of sp³-hybridized carbons (Fsp3) is 0.154. The van der Waals surface area contributed by atoms with Gasteiger partial charge in [-0.1, -0.05) is 24.3 Å². The zero-order chi connectivity index (χ0) is 12.3. The van der Waals surface area contributed by atoms with Crippen molar-refractivity contribution in [2.75, 3.05) is 13.6 Å². The van der Waals surface area contributed by atoms with Crippen LogP contribution in [0.2, 0.25) is 0 Å². The van der Waals surface area contributed by atoms with Gasteiger partial charge in [0.05, 0.1) is 11.6 Å². The minimum absolute atomic E-state index is 0.0628. The van der Waals surface area contributed by atoms with Gasteiger partial charge >= 0.3 is 0 Å². The minimum Gasteiger partial charge on any atom is -0.327 e. The predicted octanol–water partition coefficient (Wildman–Crippen LogP) is 1.83. The molecular weight excluding hydrogens is 214 g/mol. The molecule has 0 bridgehead atoms. The Morgan fingerprint density at radius 1 is 1.35 bits per heavy atom. The van der Waals surface area contributed by atoms with Crippen LogP contribution in [0.25, 0.3) is 10.9 Å². The smallest absolute Gasteiger partial charge is 0.273 e. The molecule has 0 aliphatic carbocycles. The minimum atomic E-state index is -0.239. The summed E-state index contributed by atoms with van der Waals surface area (Å²) in [5.41, 5.74) is 1.14. The van der Waals surface area contributed by atoms with Gasteiger partial charge in [-0.3, -0.25) is 4.79 Å². The number of carbonyl (C=O) groups excluding carboxylic acids is 1. The molecule has 1 aromatic heterocycles. The number of amides is 1. The maximum absolute atomic E-state index is 11.9. The third-order valence-electron chi connectivity index (χ3n) is 2.47. The van der Waals surface area contributed by atoms with Crippen molar-refractivity contribution < 1.29 is 4.79 Å². The van der Waals surface area contributed by atoms with Crippen LogP contribution in [0.5, 0.6) is 0 Å². The predicted molar refractivity (Wildman–Crippen MR) is 64.3 cm³/mol. The standard InChI is InChI=1S/C13H11N3O/c1-16(9-8-14)13(17)12-7-6-10-4-2-3-5-11(10)15-12/h2-7H,9H2,1H3. The lowest BCUT2D eigenvalue weighted by molar-refractivity contribution is 0.0806. The fourth-order valence-electron chi connectivity index (χ4n) is 1.56. The van der Waals surface area contributed by atoms with E-state index >= 15 is 0 Å². The monoisotopic (exact) mass is 225 g/mol. The van der Waals surface area contributed by atoms with Crippen molar-refractivity contribution in [1.29, 1.82) is 5.26 Å². The number of hydrogen-bond donors (Lipinski definition) is 0. The molecule has 84 valence electrons. The van der Waals surface area contributed by atoms with Crippen LogP contribution >= 0.6 is 0 Å². The van der Waals surface area contributed by atoms with Crippen molar-refractivity contribution in [1.82, 2.24) is 9.88 Å². The number of pyridine rings is 1. The summed E-state index contributed by atoms with van der Waals surface area (Å²) in [5, 5.41) is 9.53. The first-order chi connectivity index (χ1) is 8.22. The van der Waals surface area contributed by atoms with Crippen LogP contribution in [0.1, 0.15) is 10.5 Å². The summed E-state index contributed by atoms with van der Waals surface area (Å²) < 4.78 is 0. The lowest BCUT2D eigenvalue weighted by Crippen LogP contribution is -2.27. The van der Waals surface area contributed by atoms with Crippen molar-refractivity contribution in [2.24, 2.45) is 0 Å². The number of fused-ring (bicyclic) bond motifs is 1. The quantitative estimate of drug-likeness (QED) is 0.732. The maximum atomic E-state index is 11.9. The summed E-state index contributed by atoms with van der Waals surface area (Å²) in [6.07, 6.45) is 0. The van der Waals surface area contributed by atoms with E-state index in [1.165, 1.54) is 4.90 Å². The Morgan fingerprint density at radius 2 is 2.12 bits per heavy atom. The molecule has 17 heavy (non-hydrogen) atoms. The molecule has 0 unspecified atom stereocenters. The van der Waals surface area contributed by atoms with Crippen LogP contribution < -0.4 is 0 Å². The summed E-state index contributed by atoms with van der Waals surface area (Å²) in [6, 6.07) is 13.1. The molecule has 0 atom stereocenters. The number of para-hydroxylation sites is 1. The highest BCUT2D eigenvalue weighted by atomic mass is 16.2. The Hall–Kier alpha value is -2.41. The highest BCUT2D eigenvalue weighted by Crippen LogP contribution is 2.12. The van der Waals surface area contributed by atoms with Crippen molar-refractivity contribution in [3.05, 3.63) is 42.1 Å². The molecule has 0 radical (unpaired) electrons. The second-order valence-electron chi connectivity index (χ2n) is 3.71. The van der Waals surface area contributed by atoms with E-state index in [2.05, 4.69) is 4.98 Å². The number of nitrogens with zero attached hydrogens (tertiary/aromatic N) is 3. The second-order valence-corrected chi connectivity index (χ2v) is 3.71. The molecule has 0 N–H and O–H groups in total. The number of benzene rings is 1. The number of carbonyl (C=O) groups is 1. The van der Waals surface area contributed by atoms with Crippen LogP contribution in [0.4, 0.5) is 0 Å². The van der Waals surface area contributed by atoms with E-state index in [9.17, 15) is 4.79 Å². The SMILES string of the molecule is CN(CC#N)C(=O)c1ccc2ccccc2n1. The summed E-state index contributed by atoms with van der Waals surface area (Å²) >= 11 is 0. The van der Waals surface area contributed by atoms with Gasteiger partial charge in [-0.15, -0.1) is 0 Å². The third kappa shape index (κ3) is 2.23. The Morgan fingerprint density at radius 3 is 2.88 bits per heavy atom. The third-order valence-corrected chi connectivity index (χ3v) is 2.47. The van der Waals surface area contributed by atoms with Gasteiger partial charge in [0.1, 0.15) is 12.2 Å². The molecule has 0 fully saturated rings. The summed E-state index contributed by atoms with van der Waals surface area (Å²) in [7, 11) is 1.59. The van der Waals surface area contributed by atoms with Gasteiger partial charge in [0.2, 0.25) is 0 Å². The molecule has 1 amide bonds. The van der Waals surface area contributed by atoms with Crippen LogP contribution in [-0.4, -0.2) is 29.4 Å². The van der Waals surface area contributed by atoms with Crippen molar-refractivity contribution >= 4 is 16.8 Å². The zero-order valence-electron chi connectivity index (χ0n) is 9.42. The summed E-state index contributed by atoms with van der Waals surface area (Å²) in [4.78, 5) is 17.5. The Bertz CT molecular complexity index is 601. The van der Waals surface area contributed by atoms with Gasteiger partial charge in [0.25, 0.3) is 5.91 Å². The van der Waals surface area contributed by atoms with Crippen LogP contribution in [0.3, 0.4) is 0 Å².